The maximum absolute atomic E-state index is 3.89. The minimum absolute atomic E-state index is 0.399. The Bertz CT molecular complexity index is 528. The average Bonchev–Trinajstić information content (AvgIpc) is 2.94. The van der Waals surface area contributed by atoms with Crippen LogP contribution in [0, 0.1) is 12.8 Å². The van der Waals surface area contributed by atoms with Crippen molar-refractivity contribution in [3.63, 3.8) is 0 Å². The molecule has 0 aliphatic heterocycles. The van der Waals surface area contributed by atoms with Gasteiger partial charge in [0.05, 0.1) is 0 Å². The lowest BCUT2D eigenvalue weighted by Crippen LogP contribution is -2.30. The molecule has 2 heteroatoms. The number of hydrogen-bond acceptors (Lipinski definition) is 2. The molecule has 1 aromatic heterocycles. The van der Waals surface area contributed by atoms with Crippen LogP contribution in [0.15, 0.2) is 41.8 Å². The molecular formula is C19H27NS. The highest BCUT2D eigenvalue weighted by atomic mass is 32.1. The van der Waals surface area contributed by atoms with Gasteiger partial charge in [0, 0.05) is 17.0 Å². The Balaban J connectivity index is 2.22. The zero-order valence-electron chi connectivity index (χ0n) is 13.6. The van der Waals surface area contributed by atoms with E-state index in [4.69, 9.17) is 0 Å². The third kappa shape index (κ3) is 3.96. The SMILES string of the molecule is CCC(CC)C(NC(C)c1sccc1C)c1ccccc1. The predicted octanol–water partition coefficient (Wildman–Crippen LogP) is 5.88. The van der Waals surface area contributed by atoms with E-state index in [-0.39, 0.29) is 0 Å². The van der Waals surface area contributed by atoms with E-state index in [0.717, 1.165) is 0 Å². The lowest BCUT2D eigenvalue weighted by atomic mass is 9.88. The molecule has 0 spiro atoms. The first-order valence-electron chi connectivity index (χ1n) is 8.02. The third-order valence-corrected chi connectivity index (χ3v) is 5.61. The summed E-state index contributed by atoms with van der Waals surface area (Å²) in [7, 11) is 0. The van der Waals surface area contributed by atoms with Crippen molar-refractivity contribution in [3.05, 3.63) is 57.8 Å². The van der Waals surface area contributed by atoms with Gasteiger partial charge in [0.15, 0.2) is 0 Å². The van der Waals surface area contributed by atoms with E-state index in [0.29, 0.717) is 18.0 Å². The van der Waals surface area contributed by atoms with Crippen molar-refractivity contribution >= 4 is 11.3 Å². The molecule has 0 aliphatic carbocycles. The Morgan fingerprint density at radius 3 is 2.24 bits per heavy atom. The van der Waals surface area contributed by atoms with Gasteiger partial charge in [-0.1, -0.05) is 57.0 Å². The molecule has 1 nitrogen and oxygen atoms in total. The topological polar surface area (TPSA) is 12.0 Å². The van der Waals surface area contributed by atoms with Crippen LogP contribution in [0.1, 0.15) is 61.7 Å². The summed E-state index contributed by atoms with van der Waals surface area (Å²) in [6.07, 6.45) is 2.42. The summed E-state index contributed by atoms with van der Waals surface area (Å²) in [4.78, 5) is 1.46. The van der Waals surface area contributed by atoms with Crippen LogP contribution in [0.3, 0.4) is 0 Å². The van der Waals surface area contributed by atoms with E-state index in [1.807, 2.05) is 11.3 Å². The van der Waals surface area contributed by atoms with Crippen LogP contribution < -0.4 is 5.32 Å². The minimum Gasteiger partial charge on any atom is -0.302 e. The van der Waals surface area contributed by atoms with Crippen LogP contribution in [-0.4, -0.2) is 0 Å². The van der Waals surface area contributed by atoms with Gasteiger partial charge in [0.2, 0.25) is 0 Å². The summed E-state index contributed by atoms with van der Waals surface area (Å²) in [6, 6.07) is 13.9. The van der Waals surface area contributed by atoms with E-state index < -0.39 is 0 Å². The van der Waals surface area contributed by atoms with E-state index in [2.05, 4.69) is 74.8 Å². The van der Waals surface area contributed by atoms with E-state index in [1.54, 1.807) is 0 Å². The van der Waals surface area contributed by atoms with Crippen molar-refractivity contribution < 1.29 is 0 Å². The van der Waals surface area contributed by atoms with Gasteiger partial charge in [-0.25, -0.2) is 0 Å². The van der Waals surface area contributed by atoms with Gasteiger partial charge < -0.3 is 5.32 Å². The highest BCUT2D eigenvalue weighted by Gasteiger charge is 2.23. The monoisotopic (exact) mass is 301 g/mol. The standard InChI is InChI=1S/C19H27NS/c1-5-16(6-2)18(17-10-8-7-9-11-17)20-15(4)19-14(3)12-13-21-19/h7-13,15-16,18,20H,5-6H2,1-4H3. The Labute approximate surface area is 133 Å². The second-order valence-corrected chi connectivity index (χ2v) is 6.77. The molecule has 0 radical (unpaired) electrons. The lowest BCUT2D eigenvalue weighted by molar-refractivity contribution is 0.318. The van der Waals surface area contributed by atoms with Gasteiger partial charge in [-0.2, -0.15) is 0 Å². The quantitative estimate of drug-likeness (QED) is 0.673. The normalized spacial score (nSPS) is 14.3. The van der Waals surface area contributed by atoms with Gasteiger partial charge in [-0.15, -0.1) is 11.3 Å². The number of aryl methyl sites for hydroxylation is 1. The molecule has 1 heterocycles. The Hall–Kier alpha value is -1.12. The fraction of sp³-hybridized carbons (Fsp3) is 0.474. The van der Waals surface area contributed by atoms with E-state index in [9.17, 15) is 0 Å². The average molecular weight is 301 g/mol. The fourth-order valence-corrected chi connectivity index (χ4v) is 4.04. The summed E-state index contributed by atoms with van der Waals surface area (Å²) < 4.78 is 0. The van der Waals surface area contributed by atoms with Gasteiger partial charge in [-0.05, 0) is 42.3 Å². The number of nitrogens with one attached hydrogen (secondary N) is 1. The lowest BCUT2D eigenvalue weighted by Gasteiger charge is -2.30. The summed E-state index contributed by atoms with van der Waals surface area (Å²) in [5.41, 5.74) is 2.81. The van der Waals surface area contributed by atoms with Gasteiger partial charge in [-0.3, -0.25) is 0 Å². The van der Waals surface area contributed by atoms with Crippen molar-refractivity contribution in [2.45, 2.75) is 52.6 Å². The molecule has 2 aromatic rings. The first-order valence-corrected chi connectivity index (χ1v) is 8.90. The molecule has 21 heavy (non-hydrogen) atoms. The molecule has 2 atom stereocenters. The van der Waals surface area contributed by atoms with Crippen LogP contribution in [0.4, 0.5) is 0 Å². The molecule has 1 aromatic carbocycles. The molecule has 0 aliphatic rings. The highest BCUT2D eigenvalue weighted by Crippen LogP contribution is 2.32. The van der Waals surface area contributed by atoms with Gasteiger partial charge in [0.25, 0.3) is 0 Å². The summed E-state index contributed by atoms with van der Waals surface area (Å²) >= 11 is 1.86. The van der Waals surface area contributed by atoms with Crippen LogP contribution in [0.25, 0.3) is 0 Å². The van der Waals surface area contributed by atoms with Crippen molar-refractivity contribution in [2.75, 3.05) is 0 Å². The second-order valence-electron chi connectivity index (χ2n) is 5.82. The zero-order valence-corrected chi connectivity index (χ0v) is 14.4. The fourth-order valence-electron chi connectivity index (χ4n) is 3.10. The Kier molecular flexibility index (Phi) is 6.01. The molecule has 114 valence electrons. The number of hydrogen-bond donors (Lipinski definition) is 1. The van der Waals surface area contributed by atoms with Crippen molar-refractivity contribution in [1.82, 2.24) is 5.32 Å². The molecular weight excluding hydrogens is 274 g/mol. The van der Waals surface area contributed by atoms with Crippen molar-refractivity contribution in [2.24, 2.45) is 5.92 Å². The molecule has 2 rings (SSSR count). The molecule has 0 fully saturated rings. The molecule has 2 unspecified atom stereocenters. The number of rotatable bonds is 7. The van der Waals surface area contributed by atoms with E-state index in [1.165, 1.54) is 28.8 Å². The predicted molar refractivity (Wildman–Crippen MR) is 93.9 cm³/mol. The molecule has 0 saturated heterocycles. The van der Waals surface area contributed by atoms with Crippen molar-refractivity contribution in [1.29, 1.82) is 0 Å². The first kappa shape index (κ1) is 16.3. The molecule has 0 saturated carbocycles. The summed E-state index contributed by atoms with van der Waals surface area (Å²) in [5.74, 6) is 0.676. The highest BCUT2D eigenvalue weighted by molar-refractivity contribution is 7.10. The molecule has 1 N–H and O–H groups in total. The minimum atomic E-state index is 0.399. The third-order valence-electron chi connectivity index (χ3n) is 4.40. The number of thiophene rings is 1. The maximum atomic E-state index is 3.89. The summed E-state index contributed by atoms with van der Waals surface area (Å²) in [5, 5.41) is 6.08. The first-order chi connectivity index (χ1) is 10.2. The van der Waals surface area contributed by atoms with Crippen LogP contribution in [0.5, 0.6) is 0 Å². The van der Waals surface area contributed by atoms with Crippen LogP contribution in [0.2, 0.25) is 0 Å². The maximum Gasteiger partial charge on any atom is 0.0393 e. The van der Waals surface area contributed by atoms with Crippen LogP contribution >= 0.6 is 11.3 Å². The van der Waals surface area contributed by atoms with Crippen LogP contribution in [-0.2, 0) is 0 Å². The Morgan fingerprint density at radius 1 is 1.05 bits per heavy atom. The largest absolute Gasteiger partial charge is 0.302 e. The summed E-state index contributed by atoms with van der Waals surface area (Å²) in [6.45, 7) is 9.09. The number of benzene rings is 1. The smallest absolute Gasteiger partial charge is 0.0393 e. The van der Waals surface area contributed by atoms with Gasteiger partial charge in [0.1, 0.15) is 0 Å². The molecule has 0 bridgehead atoms. The molecule has 0 amide bonds. The van der Waals surface area contributed by atoms with Gasteiger partial charge >= 0.3 is 0 Å². The van der Waals surface area contributed by atoms with E-state index >= 15 is 0 Å². The Morgan fingerprint density at radius 2 is 1.71 bits per heavy atom. The zero-order chi connectivity index (χ0) is 15.2. The van der Waals surface area contributed by atoms with Crippen molar-refractivity contribution in [3.8, 4) is 0 Å². The second kappa shape index (κ2) is 7.77.